The van der Waals surface area contributed by atoms with E-state index in [1.807, 2.05) is 0 Å². The lowest BCUT2D eigenvalue weighted by atomic mass is 10.2. The van der Waals surface area contributed by atoms with Crippen LogP contribution >= 0.6 is 0 Å². The third-order valence-corrected chi connectivity index (χ3v) is 5.25. The van der Waals surface area contributed by atoms with Gasteiger partial charge in [0.1, 0.15) is 30.5 Å². The van der Waals surface area contributed by atoms with Crippen LogP contribution in [0.3, 0.4) is 0 Å². The van der Waals surface area contributed by atoms with Gasteiger partial charge in [-0.15, -0.1) is 0 Å². The van der Waals surface area contributed by atoms with E-state index in [9.17, 15) is 18.0 Å². The second kappa shape index (κ2) is 9.48. The number of nitrogens with zero attached hydrogens (tertiary/aromatic N) is 2. The van der Waals surface area contributed by atoms with E-state index in [0.29, 0.717) is 36.9 Å². The Labute approximate surface area is 183 Å². The van der Waals surface area contributed by atoms with Crippen molar-refractivity contribution in [1.29, 1.82) is 0 Å². The summed E-state index contributed by atoms with van der Waals surface area (Å²) >= 11 is 0. The monoisotopic (exact) mass is 444 g/mol. The highest BCUT2D eigenvalue weighted by atomic mass is 19.3. The van der Waals surface area contributed by atoms with Crippen molar-refractivity contribution in [1.82, 2.24) is 9.47 Å². The average molecular weight is 444 g/mol. The Kier molecular flexibility index (Phi) is 6.50. The average Bonchev–Trinajstić information content (AvgIpc) is 3.12. The van der Waals surface area contributed by atoms with E-state index in [-0.39, 0.29) is 30.9 Å². The number of likely N-dealkylation sites (tertiary alicyclic amines) is 1. The zero-order chi connectivity index (χ0) is 22.6. The molecule has 0 atom stereocenters. The molecule has 0 aliphatic carbocycles. The highest BCUT2D eigenvalue weighted by Gasteiger charge is 2.37. The molecule has 1 aromatic heterocycles. The van der Waals surface area contributed by atoms with Crippen LogP contribution in [0.15, 0.2) is 71.7 Å². The lowest BCUT2D eigenvalue weighted by Gasteiger charge is -2.16. The summed E-state index contributed by atoms with van der Waals surface area (Å²) < 4.78 is 52.1. The van der Waals surface area contributed by atoms with Crippen molar-refractivity contribution in [2.45, 2.75) is 19.0 Å². The smallest absolute Gasteiger partial charge is 0.261 e. The molecule has 0 saturated carbocycles. The van der Waals surface area contributed by atoms with Crippen LogP contribution in [-0.2, 0) is 6.61 Å². The van der Waals surface area contributed by atoms with Gasteiger partial charge in [0.15, 0.2) is 0 Å². The van der Waals surface area contributed by atoms with Gasteiger partial charge >= 0.3 is 0 Å². The zero-order valence-corrected chi connectivity index (χ0v) is 17.3. The summed E-state index contributed by atoms with van der Waals surface area (Å²) in [6.45, 7) is 1.14. The van der Waals surface area contributed by atoms with Gasteiger partial charge in [-0.2, -0.15) is 0 Å². The Bertz CT molecular complexity index is 1100. The first-order chi connectivity index (χ1) is 15.4. The van der Waals surface area contributed by atoms with E-state index in [1.165, 1.54) is 22.8 Å². The molecule has 5 nitrogen and oxygen atoms in total. The van der Waals surface area contributed by atoms with Crippen LogP contribution < -0.4 is 15.0 Å². The fourth-order valence-electron chi connectivity index (χ4n) is 3.50. The second-order valence-corrected chi connectivity index (χ2v) is 7.71. The summed E-state index contributed by atoms with van der Waals surface area (Å²) in [7, 11) is 0. The first-order valence-corrected chi connectivity index (χ1v) is 10.3. The molecule has 0 N–H and O–H groups in total. The fourth-order valence-corrected chi connectivity index (χ4v) is 3.50. The number of hydrogen-bond acceptors (Lipinski definition) is 4. The van der Waals surface area contributed by atoms with Crippen LogP contribution in [0, 0.1) is 5.82 Å². The predicted molar refractivity (Wildman–Crippen MR) is 114 cm³/mol. The molecule has 2 heterocycles. The molecule has 0 radical (unpaired) electrons. The quantitative estimate of drug-likeness (QED) is 0.521. The number of aromatic nitrogens is 1. The SMILES string of the molecule is O=c1cc(OCc2ccc(F)cc2)ccn1-c1ccc(OCCN2CCC(F)(F)C2)cc1. The number of ether oxygens (including phenoxy) is 2. The molecule has 168 valence electrons. The minimum Gasteiger partial charge on any atom is -0.492 e. The fraction of sp³-hybridized carbons (Fsp3) is 0.292. The van der Waals surface area contributed by atoms with Crippen molar-refractivity contribution >= 4 is 0 Å². The summed E-state index contributed by atoms with van der Waals surface area (Å²) in [6.07, 6.45) is 1.51. The molecule has 32 heavy (non-hydrogen) atoms. The predicted octanol–water partition coefficient (Wildman–Crippen LogP) is 4.28. The lowest BCUT2D eigenvalue weighted by Crippen LogP contribution is -2.29. The molecule has 0 unspecified atom stereocenters. The van der Waals surface area contributed by atoms with Crippen molar-refractivity contribution < 1.29 is 22.6 Å². The number of rotatable bonds is 8. The maximum absolute atomic E-state index is 13.2. The van der Waals surface area contributed by atoms with Gasteiger partial charge in [0.25, 0.3) is 11.5 Å². The Balaban J connectivity index is 1.31. The maximum Gasteiger partial charge on any atom is 0.261 e. The van der Waals surface area contributed by atoms with Gasteiger partial charge in [0.2, 0.25) is 0 Å². The van der Waals surface area contributed by atoms with Crippen molar-refractivity contribution in [2.24, 2.45) is 0 Å². The van der Waals surface area contributed by atoms with Crippen molar-refractivity contribution in [3.63, 3.8) is 0 Å². The van der Waals surface area contributed by atoms with E-state index in [1.54, 1.807) is 53.6 Å². The van der Waals surface area contributed by atoms with Crippen molar-refractivity contribution in [3.8, 4) is 17.2 Å². The lowest BCUT2D eigenvalue weighted by molar-refractivity contribution is 0.0113. The molecule has 0 bridgehead atoms. The van der Waals surface area contributed by atoms with E-state index in [4.69, 9.17) is 9.47 Å². The minimum absolute atomic E-state index is 0.105. The Morgan fingerprint density at radius 1 is 0.938 bits per heavy atom. The normalized spacial score (nSPS) is 15.6. The van der Waals surface area contributed by atoms with Crippen molar-refractivity contribution in [3.05, 3.63) is 88.6 Å². The van der Waals surface area contributed by atoms with Crippen LogP contribution in [0.5, 0.6) is 11.5 Å². The molecule has 8 heteroatoms. The topological polar surface area (TPSA) is 43.7 Å². The highest BCUT2D eigenvalue weighted by molar-refractivity contribution is 5.38. The van der Waals surface area contributed by atoms with Crippen LogP contribution in [-0.4, -0.2) is 41.6 Å². The van der Waals surface area contributed by atoms with Gasteiger partial charge in [-0.25, -0.2) is 13.2 Å². The Hall–Kier alpha value is -3.26. The van der Waals surface area contributed by atoms with Crippen LogP contribution in [0.1, 0.15) is 12.0 Å². The number of pyridine rings is 1. The summed E-state index contributed by atoms with van der Waals surface area (Å²) in [4.78, 5) is 14.2. The van der Waals surface area contributed by atoms with Gasteiger partial charge in [-0.1, -0.05) is 12.1 Å². The van der Waals surface area contributed by atoms with E-state index < -0.39 is 5.92 Å². The maximum atomic E-state index is 13.2. The number of halogens is 3. The van der Waals surface area contributed by atoms with Gasteiger partial charge in [-0.05, 0) is 48.0 Å². The van der Waals surface area contributed by atoms with Crippen LogP contribution in [0.4, 0.5) is 13.2 Å². The first kappa shape index (κ1) is 22.0. The second-order valence-electron chi connectivity index (χ2n) is 7.71. The molecule has 1 saturated heterocycles. The Morgan fingerprint density at radius 2 is 1.69 bits per heavy atom. The third kappa shape index (κ3) is 5.70. The van der Waals surface area contributed by atoms with Gasteiger partial charge < -0.3 is 9.47 Å². The van der Waals surface area contributed by atoms with E-state index in [0.717, 1.165) is 5.56 Å². The molecule has 1 fully saturated rings. The third-order valence-electron chi connectivity index (χ3n) is 5.25. The number of alkyl halides is 2. The standard InChI is InChI=1S/C24H23F3N2O3/c25-19-3-1-18(2-4-19)16-32-22-9-11-29(23(30)15-22)20-5-7-21(8-6-20)31-14-13-28-12-10-24(26,27)17-28/h1-9,11,15H,10,12-14,16-17H2. The molecular formula is C24H23F3N2O3. The van der Waals surface area contributed by atoms with Crippen molar-refractivity contribution in [2.75, 3.05) is 26.2 Å². The molecule has 1 aliphatic rings. The van der Waals surface area contributed by atoms with Crippen LogP contribution in [0.2, 0.25) is 0 Å². The molecule has 1 aliphatic heterocycles. The largest absolute Gasteiger partial charge is 0.492 e. The minimum atomic E-state index is -2.60. The van der Waals surface area contributed by atoms with Gasteiger partial charge in [0, 0.05) is 37.5 Å². The van der Waals surface area contributed by atoms with Gasteiger partial charge in [-0.3, -0.25) is 14.3 Å². The zero-order valence-electron chi connectivity index (χ0n) is 17.3. The molecule has 0 amide bonds. The van der Waals surface area contributed by atoms with E-state index in [2.05, 4.69) is 0 Å². The van der Waals surface area contributed by atoms with Crippen LogP contribution in [0.25, 0.3) is 5.69 Å². The van der Waals surface area contributed by atoms with Gasteiger partial charge in [0.05, 0.1) is 6.54 Å². The summed E-state index contributed by atoms with van der Waals surface area (Å²) in [5, 5.41) is 0. The summed E-state index contributed by atoms with van der Waals surface area (Å²) in [5.74, 6) is -1.89. The Morgan fingerprint density at radius 3 is 2.34 bits per heavy atom. The number of benzene rings is 2. The first-order valence-electron chi connectivity index (χ1n) is 10.3. The molecular weight excluding hydrogens is 421 g/mol. The highest BCUT2D eigenvalue weighted by Crippen LogP contribution is 2.26. The van der Waals surface area contributed by atoms with E-state index >= 15 is 0 Å². The molecule has 0 spiro atoms. The summed E-state index contributed by atoms with van der Waals surface area (Å²) in [5.41, 5.74) is 1.20. The molecule has 4 rings (SSSR count). The molecule has 2 aromatic carbocycles. The summed E-state index contributed by atoms with van der Waals surface area (Å²) in [6, 6.07) is 16.0. The number of hydrogen-bond donors (Lipinski definition) is 0. The molecule has 3 aromatic rings.